The lowest BCUT2D eigenvalue weighted by atomic mass is 10.0. The van der Waals surface area contributed by atoms with Crippen LogP contribution in [0, 0.1) is 6.92 Å². The minimum absolute atomic E-state index is 0.0687. The van der Waals surface area contributed by atoms with Crippen LogP contribution in [0.2, 0.25) is 0 Å². The van der Waals surface area contributed by atoms with Crippen molar-refractivity contribution in [1.29, 1.82) is 0 Å². The van der Waals surface area contributed by atoms with Gasteiger partial charge in [0.05, 0.1) is 23.5 Å². The van der Waals surface area contributed by atoms with E-state index in [1.807, 2.05) is 25.5 Å². The van der Waals surface area contributed by atoms with E-state index in [0.717, 1.165) is 30.9 Å². The molecule has 0 fully saturated rings. The number of nitrogen functional groups attached to an aromatic ring is 1. The summed E-state index contributed by atoms with van der Waals surface area (Å²) in [6.07, 6.45) is 1.82. The van der Waals surface area contributed by atoms with E-state index in [9.17, 15) is 5.11 Å². The summed E-state index contributed by atoms with van der Waals surface area (Å²) < 4.78 is 1.88. The van der Waals surface area contributed by atoms with Crippen LogP contribution in [0.1, 0.15) is 39.3 Å². The molecule has 1 aromatic rings. The number of hydrogen-bond acceptors (Lipinski definition) is 4. The van der Waals surface area contributed by atoms with Crippen LogP contribution in [0.4, 0.5) is 11.5 Å². The second-order valence-electron chi connectivity index (χ2n) is 4.77. The molecule has 0 aliphatic heterocycles. The molecular weight excluding hydrogens is 216 g/mol. The first kappa shape index (κ1) is 13.8. The highest BCUT2D eigenvalue weighted by Crippen LogP contribution is 2.26. The van der Waals surface area contributed by atoms with Crippen molar-refractivity contribution in [1.82, 2.24) is 9.78 Å². The van der Waals surface area contributed by atoms with Crippen molar-refractivity contribution in [2.75, 3.05) is 17.7 Å². The number of anilines is 2. The van der Waals surface area contributed by atoms with E-state index in [1.54, 1.807) is 0 Å². The summed E-state index contributed by atoms with van der Waals surface area (Å²) in [6, 6.07) is 0. The minimum Gasteiger partial charge on any atom is -0.394 e. The third-order valence-electron chi connectivity index (χ3n) is 3.16. The molecule has 0 aromatic carbocycles. The SMILES string of the molecule is CCCn1nc(C)c(N)c1NC(C)(CC)CO. The Morgan fingerprint density at radius 3 is 2.59 bits per heavy atom. The van der Waals surface area contributed by atoms with Crippen molar-refractivity contribution < 1.29 is 5.11 Å². The number of nitrogens with one attached hydrogen (secondary N) is 1. The van der Waals surface area contributed by atoms with Crippen molar-refractivity contribution in [3.8, 4) is 0 Å². The number of hydrogen-bond donors (Lipinski definition) is 3. The van der Waals surface area contributed by atoms with Gasteiger partial charge in [-0.3, -0.25) is 0 Å². The molecular formula is C12H24N4O. The first-order valence-electron chi connectivity index (χ1n) is 6.19. The van der Waals surface area contributed by atoms with Gasteiger partial charge in [0.1, 0.15) is 5.82 Å². The van der Waals surface area contributed by atoms with Crippen LogP contribution in [0.25, 0.3) is 0 Å². The molecule has 0 spiro atoms. The summed E-state index contributed by atoms with van der Waals surface area (Å²) in [7, 11) is 0. The van der Waals surface area contributed by atoms with Crippen molar-refractivity contribution in [2.45, 2.75) is 52.6 Å². The predicted molar refractivity (Wildman–Crippen MR) is 71.1 cm³/mol. The predicted octanol–water partition coefficient (Wildman–Crippen LogP) is 1.76. The summed E-state index contributed by atoms with van der Waals surface area (Å²) in [4.78, 5) is 0. The lowest BCUT2D eigenvalue weighted by Gasteiger charge is -2.29. The van der Waals surface area contributed by atoms with Gasteiger partial charge in [-0.1, -0.05) is 13.8 Å². The first-order valence-corrected chi connectivity index (χ1v) is 6.19. The maximum Gasteiger partial charge on any atom is 0.148 e. The highest BCUT2D eigenvalue weighted by atomic mass is 16.3. The van der Waals surface area contributed by atoms with Gasteiger partial charge in [0, 0.05) is 6.54 Å². The van der Waals surface area contributed by atoms with Crippen LogP contribution in [0.15, 0.2) is 0 Å². The summed E-state index contributed by atoms with van der Waals surface area (Å²) in [5.41, 5.74) is 7.17. The number of nitrogens with two attached hydrogens (primary N) is 1. The molecule has 0 saturated carbocycles. The Morgan fingerprint density at radius 1 is 1.47 bits per heavy atom. The fraction of sp³-hybridized carbons (Fsp3) is 0.750. The molecule has 0 radical (unpaired) electrons. The molecule has 1 atom stereocenters. The summed E-state index contributed by atoms with van der Waals surface area (Å²) in [5.74, 6) is 0.822. The molecule has 1 heterocycles. The summed E-state index contributed by atoms with van der Waals surface area (Å²) in [6.45, 7) is 8.90. The number of rotatable bonds is 6. The molecule has 0 saturated heterocycles. The molecule has 98 valence electrons. The van der Waals surface area contributed by atoms with E-state index < -0.39 is 0 Å². The van der Waals surface area contributed by atoms with Gasteiger partial charge < -0.3 is 16.2 Å². The Labute approximate surface area is 103 Å². The largest absolute Gasteiger partial charge is 0.394 e. The lowest BCUT2D eigenvalue weighted by Crippen LogP contribution is -2.39. The van der Waals surface area contributed by atoms with E-state index in [2.05, 4.69) is 17.3 Å². The molecule has 1 rings (SSSR count). The van der Waals surface area contributed by atoms with Crippen LogP contribution in [0.5, 0.6) is 0 Å². The molecule has 0 aliphatic rings. The van der Waals surface area contributed by atoms with Gasteiger partial charge in [0.15, 0.2) is 0 Å². The summed E-state index contributed by atoms with van der Waals surface area (Å²) in [5, 5.41) is 17.2. The molecule has 1 aromatic heterocycles. The molecule has 5 heteroatoms. The van der Waals surface area contributed by atoms with Crippen LogP contribution in [0.3, 0.4) is 0 Å². The molecule has 0 bridgehead atoms. The Bertz CT molecular complexity index is 369. The maximum atomic E-state index is 9.43. The van der Waals surface area contributed by atoms with Crippen LogP contribution < -0.4 is 11.1 Å². The van der Waals surface area contributed by atoms with E-state index in [0.29, 0.717) is 5.69 Å². The molecule has 5 nitrogen and oxygen atoms in total. The standard InChI is InChI=1S/C12H24N4O/c1-5-7-16-11(10(13)9(3)15-16)14-12(4,6-2)8-17/h14,17H,5-8,13H2,1-4H3. The zero-order valence-corrected chi connectivity index (χ0v) is 11.2. The number of aromatic nitrogens is 2. The van der Waals surface area contributed by atoms with Crippen molar-refractivity contribution in [2.24, 2.45) is 0 Å². The zero-order valence-electron chi connectivity index (χ0n) is 11.2. The molecule has 1 unspecified atom stereocenters. The van der Waals surface area contributed by atoms with Crippen molar-refractivity contribution >= 4 is 11.5 Å². The monoisotopic (exact) mass is 240 g/mol. The Balaban J connectivity index is 3.03. The smallest absolute Gasteiger partial charge is 0.148 e. The quantitative estimate of drug-likeness (QED) is 0.708. The van der Waals surface area contributed by atoms with Crippen LogP contribution >= 0.6 is 0 Å². The highest BCUT2D eigenvalue weighted by Gasteiger charge is 2.24. The molecule has 0 amide bonds. The van der Waals surface area contributed by atoms with Crippen LogP contribution in [-0.2, 0) is 6.54 Å². The van der Waals surface area contributed by atoms with E-state index in [-0.39, 0.29) is 12.1 Å². The van der Waals surface area contributed by atoms with Gasteiger partial charge >= 0.3 is 0 Å². The third-order valence-corrected chi connectivity index (χ3v) is 3.16. The number of aliphatic hydroxyl groups excluding tert-OH is 1. The van der Waals surface area contributed by atoms with E-state index in [4.69, 9.17) is 5.73 Å². The number of aryl methyl sites for hydroxylation is 2. The average Bonchev–Trinajstić information content (AvgIpc) is 2.57. The van der Waals surface area contributed by atoms with Crippen LogP contribution in [-0.4, -0.2) is 27.0 Å². The number of aliphatic hydroxyl groups is 1. The van der Waals surface area contributed by atoms with Gasteiger partial charge in [-0.15, -0.1) is 0 Å². The van der Waals surface area contributed by atoms with Gasteiger partial charge in [-0.05, 0) is 26.7 Å². The Hall–Kier alpha value is -1.23. The fourth-order valence-electron chi connectivity index (χ4n) is 1.63. The molecule has 4 N–H and O–H groups in total. The van der Waals surface area contributed by atoms with Gasteiger partial charge in [-0.25, -0.2) is 4.68 Å². The van der Waals surface area contributed by atoms with E-state index >= 15 is 0 Å². The highest BCUT2D eigenvalue weighted by molar-refractivity contribution is 5.65. The Morgan fingerprint density at radius 2 is 2.12 bits per heavy atom. The molecule has 17 heavy (non-hydrogen) atoms. The van der Waals surface area contributed by atoms with Crippen molar-refractivity contribution in [3.63, 3.8) is 0 Å². The second-order valence-corrected chi connectivity index (χ2v) is 4.77. The zero-order chi connectivity index (χ0) is 13.1. The second kappa shape index (κ2) is 5.40. The van der Waals surface area contributed by atoms with Gasteiger partial charge in [0.25, 0.3) is 0 Å². The third kappa shape index (κ3) is 2.91. The van der Waals surface area contributed by atoms with Gasteiger partial charge in [0.2, 0.25) is 0 Å². The lowest BCUT2D eigenvalue weighted by molar-refractivity contribution is 0.218. The fourth-order valence-corrected chi connectivity index (χ4v) is 1.63. The number of nitrogens with zero attached hydrogens (tertiary/aromatic N) is 2. The normalized spacial score (nSPS) is 14.6. The van der Waals surface area contributed by atoms with Crippen molar-refractivity contribution in [3.05, 3.63) is 5.69 Å². The Kier molecular flexibility index (Phi) is 4.40. The first-order chi connectivity index (χ1) is 7.97. The van der Waals surface area contributed by atoms with Gasteiger partial charge in [-0.2, -0.15) is 5.10 Å². The summed E-state index contributed by atoms with van der Waals surface area (Å²) >= 11 is 0. The minimum atomic E-state index is -0.355. The molecule has 0 aliphatic carbocycles. The average molecular weight is 240 g/mol. The van der Waals surface area contributed by atoms with E-state index in [1.165, 1.54) is 0 Å². The topological polar surface area (TPSA) is 76.1 Å². The maximum absolute atomic E-state index is 9.43.